The molecule has 1 amide bonds. The van der Waals surface area contributed by atoms with Crippen LogP contribution in [0.1, 0.15) is 23.6 Å². The summed E-state index contributed by atoms with van der Waals surface area (Å²) >= 11 is 0. The van der Waals surface area contributed by atoms with E-state index in [0.717, 1.165) is 16.7 Å². The first kappa shape index (κ1) is 16.7. The third kappa shape index (κ3) is 3.24. The molecule has 124 valence electrons. The van der Waals surface area contributed by atoms with Crippen LogP contribution in [-0.4, -0.2) is 5.91 Å². The first-order chi connectivity index (χ1) is 12.1. The average molecular weight is 327 g/mol. The van der Waals surface area contributed by atoms with E-state index in [1.807, 2.05) is 60.7 Å². The van der Waals surface area contributed by atoms with Crippen LogP contribution in [0.4, 0.5) is 0 Å². The molecule has 3 aromatic rings. The molecule has 0 heterocycles. The fourth-order valence-electron chi connectivity index (χ4n) is 3.25. The van der Waals surface area contributed by atoms with Gasteiger partial charge < -0.3 is 5.73 Å². The number of carbonyl (C=O) groups is 1. The molecule has 2 nitrogen and oxygen atoms in total. The number of rotatable bonds is 5. The van der Waals surface area contributed by atoms with Gasteiger partial charge in [0.1, 0.15) is 0 Å². The summed E-state index contributed by atoms with van der Waals surface area (Å²) in [6, 6.07) is 30.6. The first-order valence-electron chi connectivity index (χ1n) is 8.30. The van der Waals surface area contributed by atoms with Crippen molar-refractivity contribution in [1.29, 1.82) is 0 Å². The molecular formula is C23H21NO. The third-order valence-corrected chi connectivity index (χ3v) is 4.51. The Bertz CT molecular complexity index is 771. The Labute approximate surface area is 148 Å². The van der Waals surface area contributed by atoms with Crippen LogP contribution in [0.5, 0.6) is 0 Å². The maximum Gasteiger partial charge on any atom is 0.244 e. The Morgan fingerprint density at radius 2 is 1.04 bits per heavy atom. The summed E-state index contributed by atoms with van der Waals surface area (Å²) in [5.41, 5.74) is 8.80. The highest BCUT2D eigenvalue weighted by Crippen LogP contribution is 2.41. The van der Waals surface area contributed by atoms with Gasteiger partial charge in [-0.25, -0.2) is 0 Å². The molecule has 0 saturated heterocycles. The zero-order chi connectivity index (χ0) is 17.7. The van der Waals surface area contributed by atoms with E-state index in [0.29, 0.717) is 5.57 Å². The second-order valence-corrected chi connectivity index (χ2v) is 6.10. The van der Waals surface area contributed by atoms with E-state index >= 15 is 0 Å². The molecule has 0 aliphatic heterocycles. The van der Waals surface area contributed by atoms with Crippen molar-refractivity contribution in [2.75, 3.05) is 0 Å². The SMILES string of the molecule is C/C(=C\C(c1ccccc1)(c1ccccc1)c1ccccc1)C(N)=O. The highest BCUT2D eigenvalue weighted by molar-refractivity contribution is 5.92. The molecule has 0 atom stereocenters. The summed E-state index contributed by atoms with van der Waals surface area (Å²) in [6.07, 6.45) is 1.98. The van der Waals surface area contributed by atoms with E-state index in [-0.39, 0.29) is 0 Å². The largest absolute Gasteiger partial charge is 0.366 e. The molecular weight excluding hydrogens is 306 g/mol. The van der Waals surface area contributed by atoms with Gasteiger partial charge in [-0.2, -0.15) is 0 Å². The van der Waals surface area contributed by atoms with Gasteiger partial charge in [-0.05, 0) is 23.6 Å². The lowest BCUT2D eigenvalue weighted by molar-refractivity contribution is -0.114. The Hall–Kier alpha value is -3.13. The van der Waals surface area contributed by atoms with Gasteiger partial charge >= 0.3 is 0 Å². The van der Waals surface area contributed by atoms with Gasteiger partial charge in [-0.15, -0.1) is 0 Å². The van der Waals surface area contributed by atoms with Crippen LogP contribution in [0.3, 0.4) is 0 Å². The molecule has 0 bridgehead atoms. The maximum atomic E-state index is 11.8. The first-order valence-corrected chi connectivity index (χ1v) is 8.30. The number of hydrogen-bond acceptors (Lipinski definition) is 1. The summed E-state index contributed by atoms with van der Waals surface area (Å²) < 4.78 is 0. The van der Waals surface area contributed by atoms with Crippen LogP contribution in [0.15, 0.2) is 103 Å². The summed E-state index contributed by atoms with van der Waals surface area (Å²) in [6.45, 7) is 1.77. The number of hydrogen-bond donors (Lipinski definition) is 1. The number of benzene rings is 3. The van der Waals surface area contributed by atoms with Gasteiger partial charge in [0.25, 0.3) is 0 Å². The van der Waals surface area contributed by atoms with E-state index in [1.54, 1.807) is 6.92 Å². The van der Waals surface area contributed by atoms with Crippen LogP contribution in [-0.2, 0) is 10.2 Å². The molecule has 0 saturated carbocycles. The summed E-state index contributed by atoms with van der Waals surface area (Å²) in [5.74, 6) is -0.410. The lowest BCUT2D eigenvalue weighted by Crippen LogP contribution is -2.29. The highest BCUT2D eigenvalue weighted by atomic mass is 16.1. The van der Waals surface area contributed by atoms with Crippen LogP contribution >= 0.6 is 0 Å². The number of primary amides is 1. The standard InChI is InChI=1S/C23H21NO/c1-18(22(24)25)17-23(19-11-5-2-6-12-19,20-13-7-3-8-14-20)21-15-9-4-10-16-21/h2-17H,1H3,(H2,24,25)/b18-17+. The van der Waals surface area contributed by atoms with Crippen molar-refractivity contribution >= 4 is 5.91 Å². The Morgan fingerprint density at radius 3 is 1.32 bits per heavy atom. The number of allylic oxidation sites excluding steroid dienone is 1. The maximum absolute atomic E-state index is 11.8. The molecule has 0 fully saturated rings. The molecule has 2 heteroatoms. The van der Waals surface area contributed by atoms with Crippen molar-refractivity contribution in [3.63, 3.8) is 0 Å². The molecule has 3 aromatic carbocycles. The molecule has 2 N–H and O–H groups in total. The quantitative estimate of drug-likeness (QED) is 0.546. The highest BCUT2D eigenvalue weighted by Gasteiger charge is 2.34. The predicted octanol–water partition coefficient (Wildman–Crippen LogP) is 4.45. The molecule has 0 aromatic heterocycles. The zero-order valence-electron chi connectivity index (χ0n) is 14.2. The van der Waals surface area contributed by atoms with Crippen LogP contribution in [0, 0.1) is 0 Å². The molecule has 0 aliphatic rings. The Balaban J connectivity index is 2.40. The van der Waals surface area contributed by atoms with E-state index < -0.39 is 11.3 Å². The van der Waals surface area contributed by atoms with Crippen molar-refractivity contribution in [3.05, 3.63) is 119 Å². The molecule has 0 radical (unpaired) electrons. The fraction of sp³-hybridized carbons (Fsp3) is 0.0870. The number of amides is 1. The van der Waals surface area contributed by atoms with Crippen LogP contribution in [0.25, 0.3) is 0 Å². The minimum Gasteiger partial charge on any atom is -0.366 e. The number of carbonyl (C=O) groups excluding carboxylic acids is 1. The topological polar surface area (TPSA) is 43.1 Å². The summed E-state index contributed by atoms with van der Waals surface area (Å²) in [5, 5.41) is 0. The minimum absolute atomic E-state index is 0.410. The van der Waals surface area contributed by atoms with Gasteiger partial charge in [-0.1, -0.05) is 97.1 Å². The monoisotopic (exact) mass is 327 g/mol. The van der Waals surface area contributed by atoms with Crippen molar-refractivity contribution in [3.8, 4) is 0 Å². The molecule has 25 heavy (non-hydrogen) atoms. The second-order valence-electron chi connectivity index (χ2n) is 6.10. The number of nitrogens with two attached hydrogens (primary N) is 1. The van der Waals surface area contributed by atoms with E-state index in [2.05, 4.69) is 36.4 Å². The van der Waals surface area contributed by atoms with Crippen molar-refractivity contribution < 1.29 is 4.79 Å². The van der Waals surface area contributed by atoms with Gasteiger partial charge in [-0.3, -0.25) is 4.79 Å². The molecule has 0 aliphatic carbocycles. The lowest BCUT2D eigenvalue weighted by atomic mass is 9.68. The average Bonchev–Trinajstić information content (AvgIpc) is 2.68. The smallest absolute Gasteiger partial charge is 0.244 e. The van der Waals surface area contributed by atoms with Gasteiger partial charge in [0, 0.05) is 5.57 Å². The van der Waals surface area contributed by atoms with Crippen molar-refractivity contribution in [1.82, 2.24) is 0 Å². The predicted molar refractivity (Wildman–Crippen MR) is 102 cm³/mol. The van der Waals surface area contributed by atoms with Crippen LogP contribution in [0.2, 0.25) is 0 Å². The van der Waals surface area contributed by atoms with Gasteiger partial charge in [0.05, 0.1) is 5.41 Å². The second kappa shape index (κ2) is 7.18. The Kier molecular flexibility index (Phi) is 4.80. The van der Waals surface area contributed by atoms with Crippen molar-refractivity contribution in [2.24, 2.45) is 5.73 Å². The van der Waals surface area contributed by atoms with Crippen LogP contribution < -0.4 is 5.73 Å². The van der Waals surface area contributed by atoms with Crippen molar-refractivity contribution in [2.45, 2.75) is 12.3 Å². The third-order valence-electron chi connectivity index (χ3n) is 4.51. The minimum atomic E-state index is -0.580. The van der Waals surface area contributed by atoms with Gasteiger partial charge in [0.15, 0.2) is 0 Å². The summed E-state index contributed by atoms with van der Waals surface area (Å²) in [7, 11) is 0. The summed E-state index contributed by atoms with van der Waals surface area (Å²) in [4.78, 5) is 11.8. The normalized spacial score (nSPS) is 12.0. The Morgan fingerprint density at radius 1 is 0.720 bits per heavy atom. The molecule has 3 rings (SSSR count). The fourth-order valence-corrected chi connectivity index (χ4v) is 3.25. The van der Waals surface area contributed by atoms with E-state index in [4.69, 9.17) is 5.73 Å². The van der Waals surface area contributed by atoms with E-state index in [9.17, 15) is 4.79 Å². The lowest BCUT2D eigenvalue weighted by Gasteiger charge is -2.33. The van der Waals surface area contributed by atoms with Gasteiger partial charge in [0.2, 0.25) is 5.91 Å². The van der Waals surface area contributed by atoms with E-state index in [1.165, 1.54) is 0 Å². The molecule has 0 unspecified atom stereocenters. The molecule has 0 spiro atoms. The zero-order valence-corrected chi connectivity index (χ0v) is 14.2.